The van der Waals surface area contributed by atoms with Gasteiger partial charge in [-0.25, -0.2) is 0 Å². The van der Waals surface area contributed by atoms with E-state index in [1.807, 2.05) is 32.6 Å². The van der Waals surface area contributed by atoms with E-state index in [0.29, 0.717) is 19.6 Å². The number of hydrogen-bond acceptors (Lipinski definition) is 4. The maximum atomic E-state index is 13.1. The molecule has 6 heteroatoms. The van der Waals surface area contributed by atoms with E-state index >= 15 is 0 Å². The summed E-state index contributed by atoms with van der Waals surface area (Å²) in [5, 5.41) is 2.92. The highest BCUT2D eigenvalue weighted by molar-refractivity contribution is 5.83. The van der Waals surface area contributed by atoms with E-state index in [1.54, 1.807) is 14.2 Å². The van der Waals surface area contributed by atoms with Crippen molar-refractivity contribution >= 4 is 11.8 Å². The van der Waals surface area contributed by atoms with Gasteiger partial charge in [-0.2, -0.15) is 0 Å². The van der Waals surface area contributed by atoms with Gasteiger partial charge in [0.1, 0.15) is 0 Å². The van der Waals surface area contributed by atoms with Crippen LogP contribution in [0.4, 0.5) is 0 Å². The van der Waals surface area contributed by atoms with E-state index in [-0.39, 0.29) is 24.0 Å². The zero-order chi connectivity index (χ0) is 17.8. The van der Waals surface area contributed by atoms with E-state index in [1.165, 1.54) is 6.92 Å². The third kappa shape index (κ3) is 5.46. The van der Waals surface area contributed by atoms with Crippen LogP contribution in [0.5, 0.6) is 0 Å². The Hall–Kier alpha value is -1.14. The van der Waals surface area contributed by atoms with Gasteiger partial charge in [-0.1, -0.05) is 13.8 Å². The lowest BCUT2D eigenvalue weighted by atomic mass is 9.78. The number of carbonyl (C=O) groups excluding carboxylic acids is 2. The maximum absolute atomic E-state index is 13.1. The average Bonchev–Trinajstić information content (AvgIpc) is 2.78. The summed E-state index contributed by atoms with van der Waals surface area (Å²) in [4.78, 5) is 26.3. The minimum Gasteiger partial charge on any atom is -0.383 e. The summed E-state index contributed by atoms with van der Waals surface area (Å²) in [6.45, 7) is 10.3. The number of methoxy groups -OCH3 is 2. The van der Waals surface area contributed by atoms with Gasteiger partial charge in [0.25, 0.3) is 0 Å². The van der Waals surface area contributed by atoms with Gasteiger partial charge in [-0.3, -0.25) is 9.59 Å². The van der Waals surface area contributed by atoms with Crippen molar-refractivity contribution in [1.82, 2.24) is 10.2 Å². The lowest BCUT2D eigenvalue weighted by Gasteiger charge is -2.38. The average molecular weight is 328 g/mol. The number of nitrogens with zero attached hydrogens (tertiary/aromatic N) is 1. The molecular weight excluding hydrogens is 296 g/mol. The molecule has 1 saturated heterocycles. The molecule has 0 unspecified atom stereocenters. The number of ether oxygens (including phenoxy) is 2. The van der Waals surface area contributed by atoms with Gasteiger partial charge in [0.2, 0.25) is 11.8 Å². The van der Waals surface area contributed by atoms with Gasteiger partial charge < -0.3 is 19.7 Å². The second-order valence-electron chi connectivity index (χ2n) is 7.79. The molecule has 0 saturated carbocycles. The number of carbonyl (C=O) groups is 2. The molecule has 6 nitrogen and oxygen atoms in total. The molecule has 0 bridgehead atoms. The second-order valence-corrected chi connectivity index (χ2v) is 7.79. The topological polar surface area (TPSA) is 67.9 Å². The summed E-state index contributed by atoms with van der Waals surface area (Å²) in [5.41, 5.74) is -1.03. The van der Waals surface area contributed by atoms with Gasteiger partial charge in [0.05, 0.1) is 18.8 Å². The van der Waals surface area contributed by atoms with Gasteiger partial charge in [0.15, 0.2) is 0 Å². The Kier molecular flexibility index (Phi) is 6.59. The molecule has 2 amide bonds. The largest absolute Gasteiger partial charge is 0.383 e. The highest BCUT2D eigenvalue weighted by Crippen LogP contribution is 2.33. The van der Waals surface area contributed by atoms with Crippen molar-refractivity contribution in [3.8, 4) is 0 Å². The summed E-state index contributed by atoms with van der Waals surface area (Å²) < 4.78 is 10.7. The Balaban J connectivity index is 2.85. The molecule has 0 aliphatic carbocycles. The Morgan fingerprint density at radius 1 is 1.22 bits per heavy atom. The van der Waals surface area contributed by atoms with Crippen molar-refractivity contribution in [3.05, 3.63) is 0 Å². The van der Waals surface area contributed by atoms with Crippen molar-refractivity contribution in [2.75, 3.05) is 27.4 Å². The number of nitrogens with one attached hydrogen (secondary N) is 1. The first kappa shape index (κ1) is 19.9. The van der Waals surface area contributed by atoms with Crippen LogP contribution in [-0.2, 0) is 19.1 Å². The van der Waals surface area contributed by atoms with Crippen LogP contribution in [0.15, 0.2) is 0 Å². The van der Waals surface area contributed by atoms with E-state index in [2.05, 4.69) is 5.32 Å². The molecule has 1 rings (SSSR count). The predicted molar refractivity (Wildman–Crippen MR) is 89.1 cm³/mol. The normalized spacial score (nSPS) is 22.3. The summed E-state index contributed by atoms with van der Waals surface area (Å²) in [7, 11) is 3.32. The van der Waals surface area contributed by atoms with Crippen molar-refractivity contribution < 1.29 is 19.1 Å². The van der Waals surface area contributed by atoms with Crippen molar-refractivity contribution in [1.29, 1.82) is 0 Å². The fourth-order valence-corrected chi connectivity index (χ4v) is 3.73. The van der Waals surface area contributed by atoms with E-state index in [0.717, 1.165) is 6.42 Å². The third-order valence-electron chi connectivity index (χ3n) is 4.31. The Bertz CT molecular complexity index is 434. The fraction of sp³-hybridized carbons (Fsp3) is 0.882. The zero-order valence-corrected chi connectivity index (χ0v) is 15.6. The van der Waals surface area contributed by atoms with Gasteiger partial charge >= 0.3 is 0 Å². The Labute approximate surface area is 139 Å². The lowest BCUT2D eigenvalue weighted by molar-refractivity contribution is -0.144. The van der Waals surface area contributed by atoms with Crippen LogP contribution in [0.3, 0.4) is 0 Å². The van der Waals surface area contributed by atoms with Crippen molar-refractivity contribution in [2.45, 2.75) is 65.1 Å². The zero-order valence-electron chi connectivity index (χ0n) is 15.6. The first-order valence-corrected chi connectivity index (χ1v) is 8.14. The van der Waals surface area contributed by atoms with Crippen molar-refractivity contribution in [3.63, 3.8) is 0 Å². The second kappa shape index (κ2) is 7.62. The molecule has 1 aliphatic rings. The molecule has 1 aliphatic heterocycles. The molecule has 0 radical (unpaired) electrons. The Morgan fingerprint density at radius 2 is 1.83 bits per heavy atom. The molecule has 1 N–H and O–H groups in total. The van der Waals surface area contributed by atoms with Crippen LogP contribution < -0.4 is 5.32 Å². The molecule has 1 fully saturated rings. The van der Waals surface area contributed by atoms with Crippen LogP contribution in [0.2, 0.25) is 0 Å². The Morgan fingerprint density at radius 3 is 2.30 bits per heavy atom. The SMILES string of the molecule is COC[C@@H]1C[C@@H](OC)CN1C(=O)C(C)(C)CC(C)(C)NC(C)=O. The minimum absolute atomic E-state index is 0.0422. The van der Waals surface area contributed by atoms with Crippen LogP contribution in [0.25, 0.3) is 0 Å². The molecule has 134 valence electrons. The monoisotopic (exact) mass is 328 g/mol. The first-order chi connectivity index (χ1) is 10.5. The molecule has 1 heterocycles. The number of amides is 2. The molecule has 2 atom stereocenters. The molecule has 23 heavy (non-hydrogen) atoms. The van der Waals surface area contributed by atoms with E-state index in [9.17, 15) is 9.59 Å². The quantitative estimate of drug-likeness (QED) is 0.770. The maximum Gasteiger partial charge on any atom is 0.228 e. The van der Waals surface area contributed by atoms with E-state index < -0.39 is 11.0 Å². The highest BCUT2D eigenvalue weighted by Gasteiger charge is 2.43. The predicted octanol–water partition coefficient (Wildman–Crippen LogP) is 1.58. The minimum atomic E-state index is -0.583. The van der Waals surface area contributed by atoms with Gasteiger partial charge in [-0.15, -0.1) is 0 Å². The van der Waals surface area contributed by atoms with Crippen LogP contribution in [0, 0.1) is 5.41 Å². The lowest BCUT2D eigenvalue weighted by Crippen LogP contribution is -2.51. The first-order valence-electron chi connectivity index (χ1n) is 8.14. The molecule has 0 aromatic heterocycles. The van der Waals surface area contributed by atoms with Crippen molar-refractivity contribution in [2.24, 2.45) is 5.41 Å². The van der Waals surface area contributed by atoms with E-state index in [4.69, 9.17) is 9.47 Å². The summed E-state index contributed by atoms with van der Waals surface area (Å²) in [5.74, 6) is -0.00587. The molecular formula is C17H32N2O4. The van der Waals surface area contributed by atoms with Crippen LogP contribution >= 0.6 is 0 Å². The highest BCUT2D eigenvalue weighted by atomic mass is 16.5. The molecule has 0 aromatic carbocycles. The number of hydrogen-bond donors (Lipinski definition) is 1. The standard InChI is InChI=1S/C17H32N2O4/c1-12(20)18-17(4,5)11-16(2,3)15(21)19-9-14(23-7)8-13(19)10-22-6/h13-14H,8-11H2,1-7H3,(H,18,20)/t13-,14+/m0/s1. The smallest absolute Gasteiger partial charge is 0.228 e. The third-order valence-corrected chi connectivity index (χ3v) is 4.31. The fourth-order valence-electron chi connectivity index (χ4n) is 3.73. The summed E-state index contributed by atoms with van der Waals surface area (Å²) in [6, 6.07) is 0.0422. The summed E-state index contributed by atoms with van der Waals surface area (Å²) >= 11 is 0. The molecule has 0 spiro atoms. The van der Waals surface area contributed by atoms with Gasteiger partial charge in [-0.05, 0) is 26.7 Å². The summed E-state index contributed by atoms with van der Waals surface area (Å²) in [6.07, 6.45) is 1.41. The van der Waals surface area contributed by atoms with Crippen LogP contribution in [0.1, 0.15) is 47.5 Å². The van der Waals surface area contributed by atoms with Gasteiger partial charge in [0, 0.05) is 38.6 Å². The molecule has 0 aromatic rings. The number of rotatable bonds is 7. The van der Waals surface area contributed by atoms with Crippen LogP contribution in [-0.4, -0.2) is 61.8 Å². The number of likely N-dealkylation sites (tertiary alicyclic amines) is 1.